The minimum absolute atomic E-state index is 0.556. The molecule has 7 heteroatoms. The monoisotopic (exact) mass is 309 g/mol. The van der Waals surface area contributed by atoms with E-state index < -0.39 is 0 Å². The molecule has 2 rings (SSSR count). The van der Waals surface area contributed by atoms with Gasteiger partial charge in [0.15, 0.2) is 6.19 Å². The van der Waals surface area contributed by atoms with Gasteiger partial charge in [0.25, 0.3) is 0 Å². The first kappa shape index (κ1) is 11.8. The van der Waals surface area contributed by atoms with Crippen molar-refractivity contribution in [3.05, 3.63) is 28.3 Å². The Bertz CT molecular complexity index is 562. The summed E-state index contributed by atoms with van der Waals surface area (Å²) in [4.78, 5) is 9.47. The first-order valence-electron chi connectivity index (χ1n) is 4.65. The molecule has 0 aliphatic rings. The molecule has 0 unspecified atom stereocenters. The topological polar surface area (TPSA) is 64.8 Å². The van der Waals surface area contributed by atoms with E-state index >= 15 is 0 Å². The summed E-state index contributed by atoms with van der Waals surface area (Å²) in [7, 11) is 1.65. The molecule has 2 aromatic heterocycles. The molecule has 0 radical (unpaired) electrons. The number of thiophene rings is 1. The molecule has 0 amide bonds. The van der Waals surface area contributed by atoms with E-state index in [9.17, 15) is 0 Å². The molecule has 0 aliphatic carbocycles. The average molecular weight is 310 g/mol. The van der Waals surface area contributed by atoms with Gasteiger partial charge in [-0.05, 0) is 22.0 Å². The highest BCUT2D eigenvalue weighted by Crippen LogP contribution is 2.27. The minimum atomic E-state index is 0.556. The van der Waals surface area contributed by atoms with Gasteiger partial charge in [-0.1, -0.05) is 0 Å². The van der Waals surface area contributed by atoms with E-state index in [0.29, 0.717) is 11.6 Å². The third-order valence-corrected chi connectivity index (χ3v) is 3.57. The second-order valence-corrected chi connectivity index (χ2v) is 5.00. The van der Waals surface area contributed by atoms with Crippen LogP contribution in [-0.2, 0) is 0 Å². The maximum absolute atomic E-state index is 8.76. The lowest BCUT2D eigenvalue weighted by Crippen LogP contribution is -2.10. The number of rotatable bonds is 3. The van der Waals surface area contributed by atoms with E-state index in [0.717, 1.165) is 9.47 Å². The molecule has 1 N–H and O–H groups in total. The summed E-state index contributed by atoms with van der Waals surface area (Å²) in [6.07, 6.45) is 3.41. The van der Waals surface area contributed by atoms with Gasteiger partial charge in [-0.3, -0.25) is 4.90 Å². The van der Waals surface area contributed by atoms with Crippen LogP contribution >= 0.6 is 27.3 Å². The molecule has 0 bridgehead atoms. The number of anilines is 3. The second-order valence-electron chi connectivity index (χ2n) is 3.17. The molecule has 2 aromatic rings. The SMILES string of the molecule is CN(C#N)c1cc(Nc2cc(Br)cs2)ncn1. The Kier molecular flexibility index (Phi) is 3.56. The van der Waals surface area contributed by atoms with Gasteiger partial charge >= 0.3 is 0 Å². The van der Waals surface area contributed by atoms with Crippen molar-refractivity contribution in [1.82, 2.24) is 9.97 Å². The summed E-state index contributed by atoms with van der Waals surface area (Å²) in [5.74, 6) is 1.21. The maximum Gasteiger partial charge on any atom is 0.185 e. The highest BCUT2D eigenvalue weighted by Gasteiger charge is 2.04. The standard InChI is InChI=1S/C10H8BrN5S/c1-16(5-12)9-3-8(13-6-14-9)15-10-2-7(11)4-17-10/h2-4,6H,1H3,(H,13,14,15). The number of hydrogen-bond acceptors (Lipinski definition) is 6. The normalized spacial score (nSPS) is 9.71. The summed E-state index contributed by atoms with van der Waals surface area (Å²) in [6.45, 7) is 0. The van der Waals surface area contributed by atoms with Gasteiger partial charge in [0.2, 0.25) is 0 Å². The lowest BCUT2D eigenvalue weighted by atomic mass is 10.5. The maximum atomic E-state index is 8.76. The van der Waals surface area contributed by atoms with Crippen LogP contribution in [0.3, 0.4) is 0 Å². The Morgan fingerprint density at radius 3 is 2.94 bits per heavy atom. The third-order valence-electron chi connectivity index (χ3n) is 1.97. The fourth-order valence-electron chi connectivity index (χ4n) is 1.15. The molecule has 0 saturated carbocycles. The van der Waals surface area contributed by atoms with E-state index in [1.807, 2.05) is 17.6 Å². The second kappa shape index (κ2) is 5.12. The van der Waals surface area contributed by atoms with Crippen LogP contribution in [0.25, 0.3) is 0 Å². The van der Waals surface area contributed by atoms with Crippen molar-refractivity contribution in [1.29, 1.82) is 5.26 Å². The van der Waals surface area contributed by atoms with Gasteiger partial charge in [0.1, 0.15) is 18.0 Å². The Morgan fingerprint density at radius 2 is 2.29 bits per heavy atom. The summed E-state index contributed by atoms with van der Waals surface area (Å²) in [6, 6.07) is 3.68. The quantitative estimate of drug-likeness (QED) is 0.697. The van der Waals surface area contributed by atoms with Crippen LogP contribution in [0, 0.1) is 11.5 Å². The fourth-order valence-corrected chi connectivity index (χ4v) is 2.48. The minimum Gasteiger partial charge on any atom is -0.332 e. The zero-order valence-corrected chi connectivity index (χ0v) is 11.3. The van der Waals surface area contributed by atoms with Gasteiger partial charge in [-0.2, -0.15) is 5.26 Å². The fraction of sp³-hybridized carbons (Fsp3) is 0.100. The van der Waals surface area contributed by atoms with Crippen LogP contribution in [0.4, 0.5) is 16.6 Å². The van der Waals surface area contributed by atoms with Crippen LogP contribution in [0.1, 0.15) is 0 Å². The number of aromatic nitrogens is 2. The first-order valence-corrected chi connectivity index (χ1v) is 6.33. The average Bonchev–Trinajstić information content (AvgIpc) is 2.74. The summed E-state index contributed by atoms with van der Waals surface area (Å²) in [5.41, 5.74) is 0. The van der Waals surface area contributed by atoms with Gasteiger partial charge in [-0.25, -0.2) is 9.97 Å². The van der Waals surface area contributed by atoms with Crippen LogP contribution in [0.5, 0.6) is 0 Å². The Hall–Kier alpha value is -1.65. The Labute approximate surface area is 111 Å². The molecule has 17 heavy (non-hydrogen) atoms. The van der Waals surface area contributed by atoms with E-state index in [2.05, 4.69) is 31.2 Å². The number of halogens is 1. The molecule has 0 saturated heterocycles. The van der Waals surface area contributed by atoms with Crippen LogP contribution < -0.4 is 10.2 Å². The molecular weight excluding hydrogens is 302 g/mol. The van der Waals surface area contributed by atoms with Crippen LogP contribution in [0.2, 0.25) is 0 Å². The van der Waals surface area contributed by atoms with Gasteiger partial charge in [-0.15, -0.1) is 11.3 Å². The lowest BCUT2D eigenvalue weighted by Gasteiger charge is -2.08. The zero-order chi connectivity index (χ0) is 12.3. The number of nitrogens with zero attached hydrogens (tertiary/aromatic N) is 4. The smallest absolute Gasteiger partial charge is 0.185 e. The number of nitriles is 1. The molecule has 0 fully saturated rings. The number of hydrogen-bond donors (Lipinski definition) is 1. The van der Waals surface area contributed by atoms with Crippen molar-refractivity contribution < 1.29 is 0 Å². The third kappa shape index (κ3) is 2.93. The summed E-state index contributed by atoms with van der Waals surface area (Å²) < 4.78 is 1.02. The van der Waals surface area contributed by atoms with Gasteiger partial charge in [0, 0.05) is 23.0 Å². The zero-order valence-electron chi connectivity index (χ0n) is 8.88. The molecular formula is C10H8BrN5S. The van der Waals surface area contributed by atoms with E-state index in [1.54, 1.807) is 24.5 Å². The van der Waals surface area contributed by atoms with Crippen molar-refractivity contribution in [2.45, 2.75) is 0 Å². The number of nitrogens with one attached hydrogen (secondary N) is 1. The molecule has 0 spiro atoms. The molecule has 5 nitrogen and oxygen atoms in total. The van der Waals surface area contributed by atoms with Crippen molar-refractivity contribution in [2.75, 3.05) is 17.3 Å². The van der Waals surface area contributed by atoms with E-state index in [-0.39, 0.29) is 0 Å². The summed E-state index contributed by atoms with van der Waals surface area (Å²) in [5, 5.41) is 14.9. The van der Waals surface area contributed by atoms with E-state index in [4.69, 9.17) is 5.26 Å². The van der Waals surface area contributed by atoms with Gasteiger partial charge < -0.3 is 5.32 Å². The van der Waals surface area contributed by atoms with Crippen molar-refractivity contribution in [3.63, 3.8) is 0 Å². The predicted molar refractivity (Wildman–Crippen MR) is 71.3 cm³/mol. The summed E-state index contributed by atoms with van der Waals surface area (Å²) >= 11 is 4.95. The highest BCUT2D eigenvalue weighted by atomic mass is 79.9. The molecule has 86 valence electrons. The largest absolute Gasteiger partial charge is 0.332 e. The van der Waals surface area contributed by atoms with E-state index in [1.165, 1.54) is 11.2 Å². The van der Waals surface area contributed by atoms with Crippen molar-refractivity contribution >= 4 is 43.9 Å². The molecule has 0 aliphatic heterocycles. The first-order chi connectivity index (χ1) is 8.19. The lowest BCUT2D eigenvalue weighted by molar-refractivity contribution is 1.08. The van der Waals surface area contributed by atoms with Crippen LogP contribution in [0.15, 0.2) is 28.3 Å². The van der Waals surface area contributed by atoms with Gasteiger partial charge in [0.05, 0.1) is 5.00 Å². The molecule has 2 heterocycles. The van der Waals surface area contributed by atoms with Crippen molar-refractivity contribution in [2.24, 2.45) is 0 Å². The van der Waals surface area contributed by atoms with Crippen LogP contribution in [-0.4, -0.2) is 17.0 Å². The molecule has 0 aromatic carbocycles. The molecule has 0 atom stereocenters. The highest BCUT2D eigenvalue weighted by molar-refractivity contribution is 9.10. The Morgan fingerprint density at radius 1 is 1.47 bits per heavy atom. The Balaban J connectivity index is 2.20. The van der Waals surface area contributed by atoms with Crippen molar-refractivity contribution in [3.8, 4) is 6.19 Å². The predicted octanol–water partition coefficient (Wildman–Crippen LogP) is 2.96.